The minimum absolute atomic E-state index is 0.0512. The van der Waals surface area contributed by atoms with Gasteiger partial charge in [0.05, 0.1) is 12.6 Å². The lowest BCUT2D eigenvalue weighted by molar-refractivity contribution is 0.0598. The molecule has 1 unspecified atom stereocenters. The van der Waals surface area contributed by atoms with Crippen molar-refractivity contribution in [2.24, 2.45) is 0 Å². The van der Waals surface area contributed by atoms with Crippen molar-refractivity contribution >= 4 is 11.8 Å². The van der Waals surface area contributed by atoms with E-state index in [1.165, 1.54) is 18.1 Å². The molecule has 0 fully saturated rings. The highest BCUT2D eigenvalue weighted by molar-refractivity contribution is 6.00. The largest absolute Gasteiger partial charge is 0.503 e. The number of halogens is 2. The Morgan fingerprint density at radius 1 is 1.32 bits per heavy atom. The topological polar surface area (TPSA) is 101 Å². The summed E-state index contributed by atoms with van der Waals surface area (Å²) in [5.41, 5.74) is -0.897. The van der Waals surface area contributed by atoms with Gasteiger partial charge in [0, 0.05) is 44.1 Å². The first-order chi connectivity index (χ1) is 14.8. The van der Waals surface area contributed by atoms with Crippen molar-refractivity contribution in [1.82, 2.24) is 14.8 Å². The summed E-state index contributed by atoms with van der Waals surface area (Å²) in [6, 6.07) is 2.79. The molecule has 1 aromatic carbocycles. The van der Waals surface area contributed by atoms with Crippen LogP contribution in [0.3, 0.4) is 0 Å². The van der Waals surface area contributed by atoms with Gasteiger partial charge in [0.15, 0.2) is 11.4 Å². The van der Waals surface area contributed by atoms with Gasteiger partial charge in [-0.05, 0) is 18.9 Å². The number of aromatic nitrogens is 1. The lowest BCUT2D eigenvalue weighted by Crippen LogP contribution is -2.45. The molecule has 3 heterocycles. The zero-order chi connectivity index (χ0) is 22.3. The maximum Gasteiger partial charge on any atom is 0.274 e. The number of methoxy groups -OCH3 is 1. The molecule has 2 aliphatic rings. The lowest BCUT2D eigenvalue weighted by atomic mass is 10.1. The molecule has 1 atom stereocenters. The van der Waals surface area contributed by atoms with Gasteiger partial charge in [0.1, 0.15) is 17.2 Å². The fraction of sp³-hybridized carbons (Fsp3) is 0.381. The molecule has 10 heteroatoms. The van der Waals surface area contributed by atoms with Gasteiger partial charge in [0.2, 0.25) is 5.43 Å². The molecule has 31 heavy (non-hydrogen) atoms. The van der Waals surface area contributed by atoms with Crippen LogP contribution in [0.4, 0.5) is 8.78 Å². The zero-order valence-corrected chi connectivity index (χ0v) is 16.8. The number of aromatic hydroxyl groups is 1. The van der Waals surface area contributed by atoms with E-state index in [0.29, 0.717) is 44.3 Å². The Bertz CT molecular complexity index is 1130. The second-order valence-electron chi connectivity index (χ2n) is 7.57. The van der Waals surface area contributed by atoms with E-state index < -0.39 is 34.6 Å². The summed E-state index contributed by atoms with van der Waals surface area (Å²) in [5, 5.41) is 13.0. The number of pyridine rings is 1. The van der Waals surface area contributed by atoms with Crippen LogP contribution in [0.1, 0.15) is 44.6 Å². The summed E-state index contributed by atoms with van der Waals surface area (Å²) in [5.74, 6) is -3.62. The van der Waals surface area contributed by atoms with Gasteiger partial charge >= 0.3 is 0 Å². The molecule has 2 N–H and O–H groups in total. The highest BCUT2D eigenvalue weighted by Crippen LogP contribution is 2.36. The number of benzene rings is 1. The first kappa shape index (κ1) is 21.0. The lowest BCUT2D eigenvalue weighted by Gasteiger charge is -2.34. The summed E-state index contributed by atoms with van der Waals surface area (Å²) >= 11 is 0. The van der Waals surface area contributed by atoms with Gasteiger partial charge < -0.3 is 24.6 Å². The van der Waals surface area contributed by atoms with Crippen LogP contribution in [0.25, 0.3) is 0 Å². The predicted molar refractivity (Wildman–Crippen MR) is 105 cm³/mol. The molecule has 1 aromatic heterocycles. The van der Waals surface area contributed by atoms with E-state index in [4.69, 9.17) is 4.74 Å². The quantitative estimate of drug-likeness (QED) is 0.716. The van der Waals surface area contributed by atoms with Crippen LogP contribution in [0.15, 0.2) is 23.0 Å². The monoisotopic (exact) mass is 433 g/mol. The number of rotatable bonds is 6. The number of nitrogens with zero attached hydrogens (tertiary/aromatic N) is 2. The van der Waals surface area contributed by atoms with E-state index in [-0.39, 0.29) is 29.4 Å². The number of hydrogen-bond donors (Lipinski definition) is 2. The van der Waals surface area contributed by atoms with Crippen molar-refractivity contribution in [3.05, 3.63) is 62.6 Å². The summed E-state index contributed by atoms with van der Waals surface area (Å²) < 4.78 is 33.5. The first-order valence-corrected chi connectivity index (χ1v) is 9.84. The zero-order valence-electron chi connectivity index (χ0n) is 16.8. The van der Waals surface area contributed by atoms with Gasteiger partial charge in [-0.2, -0.15) is 0 Å². The smallest absolute Gasteiger partial charge is 0.274 e. The maximum absolute atomic E-state index is 13.8. The maximum atomic E-state index is 13.8. The summed E-state index contributed by atoms with van der Waals surface area (Å²) in [4.78, 5) is 40.0. The number of hydrogen-bond acceptors (Lipinski definition) is 5. The fourth-order valence-corrected chi connectivity index (χ4v) is 4.23. The van der Waals surface area contributed by atoms with Crippen molar-refractivity contribution in [3.8, 4) is 5.75 Å². The van der Waals surface area contributed by atoms with Gasteiger partial charge in [-0.25, -0.2) is 8.78 Å². The van der Waals surface area contributed by atoms with Crippen LogP contribution in [0, 0.1) is 11.6 Å². The van der Waals surface area contributed by atoms with Crippen molar-refractivity contribution in [3.63, 3.8) is 0 Å². The number of carbonyl (C=O) groups excluding carboxylic acids is 2. The molecule has 0 radical (unpaired) electrons. The van der Waals surface area contributed by atoms with Gasteiger partial charge in [-0.3, -0.25) is 14.4 Å². The van der Waals surface area contributed by atoms with E-state index in [0.717, 1.165) is 6.07 Å². The van der Waals surface area contributed by atoms with Crippen LogP contribution < -0.4 is 10.7 Å². The van der Waals surface area contributed by atoms with Crippen molar-refractivity contribution in [2.75, 3.05) is 26.8 Å². The highest BCUT2D eigenvalue weighted by atomic mass is 19.1. The van der Waals surface area contributed by atoms with E-state index in [1.807, 2.05) is 0 Å². The third kappa shape index (κ3) is 3.56. The molecule has 0 saturated heterocycles. The average Bonchev–Trinajstić information content (AvgIpc) is 3.14. The number of carbonyl (C=O) groups is 2. The van der Waals surface area contributed by atoms with E-state index in [9.17, 15) is 28.3 Å². The summed E-state index contributed by atoms with van der Waals surface area (Å²) in [7, 11) is 1.51. The average molecular weight is 433 g/mol. The normalized spacial score (nSPS) is 17.1. The molecule has 4 rings (SSSR count). The van der Waals surface area contributed by atoms with Crippen molar-refractivity contribution < 1.29 is 28.2 Å². The van der Waals surface area contributed by atoms with Crippen LogP contribution in [-0.2, 0) is 17.7 Å². The Morgan fingerprint density at radius 2 is 2.10 bits per heavy atom. The van der Waals surface area contributed by atoms with Crippen molar-refractivity contribution in [2.45, 2.75) is 25.4 Å². The Morgan fingerprint density at radius 3 is 2.81 bits per heavy atom. The Hall–Kier alpha value is -3.27. The van der Waals surface area contributed by atoms with E-state index >= 15 is 0 Å². The van der Waals surface area contributed by atoms with Gasteiger partial charge in [-0.1, -0.05) is 6.07 Å². The molecule has 0 spiro atoms. The number of ether oxygens (including phenoxy) is 1. The highest BCUT2D eigenvalue weighted by Gasteiger charge is 2.41. The minimum Gasteiger partial charge on any atom is -0.503 e. The second kappa shape index (κ2) is 8.10. The molecular weight excluding hydrogens is 412 g/mol. The Balaban J connectivity index is 1.67. The number of amides is 2. The van der Waals surface area contributed by atoms with Crippen LogP contribution in [0.2, 0.25) is 0 Å². The van der Waals surface area contributed by atoms with Crippen LogP contribution in [0.5, 0.6) is 5.75 Å². The van der Waals surface area contributed by atoms with E-state index in [2.05, 4.69) is 5.32 Å². The predicted octanol–water partition coefficient (Wildman–Crippen LogP) is 1.35. The Kier molecular flexibility index (Phi) is 5.48. The van der Waals surface area contributed by atoms with Crippen LogP contribution >= 0.6 is 0 Å². The Labute approximate surface area is 176 Å². The molecule has 0 saturated carbocycles. The van der Waals surface area contributed by atoms with Gasteiger partial charge in [0.25, 0.3) is 11.8 Å². The van der Waals surface area contributed by atoms with Gasteiger partial charge in [-0.15, -0.1) is 0 Å². The standard InChI is InChI=1S/C21H21F2N3O5/c1-31-7-6-25-10-13-4-5-15-16(18(27)19(28)17(21(25)30)26(13)15)20(29)24-9-11-2-3-12(22)8-14(11)23/h2-3,8,13,28H,4-7,9-10H2,1H3,(H,24,29). The van der Waals surface area contributed by atoms with Crippen molar-refractivity contribution in [1.29, 1.82) is 0 Å². The second-order valence-corrected chi connectivity index (χ2v) is 7.57. The molecular formula is C21H21F2N3O5. The molecule has 0 bridgehead atoms. The van der Waals surface area contributed by atoms with E-state index in [1.54, 1.807) is 4.57 Å². The molecule has 8 nitrogen and oxygen atoms in total. The fourth-order valence-electron chi connectivity index (χ4n) is 4.23. The molecule has 2 amide bonds. The molecule has 2 aliphatic heterocycles. The first-order valence-electron chi connectivity index (χ1n) is 9.84. The molecule has 0 aliphatic carbocycles. The molecule has 2 aromatic rings. The summed E-state index contributed by atoms with van der Waals surface area (Å²) in [6.07, 6.45) is 0.978. The summed E-state index contributed by atoms with van der Waals surface area (Å²) in [6.45, 7) is 0.753. The third-order valence-electron chi connectivity index (χ3n) is 5.73. The third-order valence-corrected chi connectivity index (χ3v) is 5.73. The van der Waals surface area contributed by atoms with Crippen LogP contribution in [-0.4, -0.2) is 53.2 Å². The number of nitrogens with one attached hydrogen (secondary N) is 1. The minimum atomic E-state index is -0.944. The molecule has 164 valence electrons. The SMILES string of the molecule is COCCN1CC2CCc3c(C(=O)NCc4ccc(F)cc4F)c(=O)c(O)c(n32)C1=O.